The van der Waals surface area contributed by atoms with E-state index in [4.69, 9.17) is 21.1 Å². The van der Waals surface area contributed by atoms with Crippen molar-refractivity contribution in [3.63, 3.8) is 0 Å². The lowest BCUT2D eigenvalue weighted by molar-refractivity contribution is -0.136. The number of carbonyl (C=O) groups is 1. The molecule has 1 aliphatic carbocycles. The van der Waals surface area contributed by atoms with Crippen LogP contribution in [0, 0.1) is 0 Å². The number of piperidine rings is 1. The van der Waals surface area contributed by atoms with E-state index in [9.17, 15) is 9.90 Å². The van der Waals surface area contributed by atoms with Crippen molar-refractivity contribution in [1.82, 2.24) is 14.8 Å². The van der Waals surface area contributed by atoms with Gasteiger partial charge in [0.15, 0.2) is 0 Å². The van der Waals surface area contributed by atoms with Crippen molar-refractivity contribution in [1.29, 1.82) is 0 Å². The van der Waals surface area contributed by atoms with Crippen LogP contribution >= 0.6 is 11.6 Å². The van der Waals surface area contributed by atoms with E-state index in [1.807, 2.05) is 68.5 Å². The molecule has 0 spiro atoms. The minimum Gasteiger partial charge on any atom is -0.438 e. The lowest BCUT2D eigenvalue weighted by atomic mass is 9.84. The molecule has 8 heteroatoms. The van der Waals surface area contributed by atoms with Gasteiger partial charge in [-0.1, -0.05) is 42.0 Å². The predicted octanol–water partition coefficient (Wildman–Crippen LogP) is 5.52. The fourth-order valence-corrected chi connectivity index (χ4v) is 5.74. The van der Waals surface area contributed by atoms with Crippen LogP contribution in [0.2, 0.25) is 5.02 Å². The van der Waals surface area contributed by atoms with E-state index in [1.54, 1.807) is 11.1 Å². The molecule has 2 aromatic rings. The average molecular weight is 576 g/mol. The zero-order valence-electron chi connectivity index (χ0n) is 23.8. The van der Waals surface area contributed by atoms with E-state index in [-0.39, 0.29) is 12.5 Å². The highest BCUT2D eigenvalue weighted by atomic mass is 35.5. The number of nitrogens with zero attached hydrogens (tertiary/aromatic N) is 3. The van der Waals surface area contributed by atoms with Crippen molar-refractivity contribution < 1.29 is 19.4 Å². The number of benzene rings is 1. The number of halogens is 1. The molecule has 216 valence electrons. The first-order chi connectivity index (χ1) is 19.9. The summed E-state index contributed by atoms with van der Waals surface area (Å²) in [6, 6.07) is 11.5. The van der Waals surface area contributed by atoms with Crippen molar-refractivity contribution in [3.8, 4) is 5.88 Å². The maximum absolute atomic E-state index is 12.6. The Labute approximate surface area is 247 Å². The number of likely N-dealkylation sites (N-methyl/N-ethyl adjacent to an activating group) is 1. The highest BCUT2D eigenvalue weighted by Crippen LogP contribution is 2.37. The van der Waals surface area contributed by atoms with Gasteiger partial charge in [0.05, 0.1) is 5.60 Å². The highest BCUT2D eigenvalue weighted by Gasteiger charge is 2.34. The summed E-state index contributed by atoms with van der Waals surface area (Å²) >= 11 is 6.04. The van der Waals surface area contributed by atoms with E-state index >= 15 is 0 Å². The number of likely N-dealkylation sites (tertiary alicyclic amines) is 1. The summed E-state index contributed by atoms with van der Waals surface area (Å²) in [7, 11) is 0. The Morgan fingerprint density at radius 3 is 2.71 bits per heavy atom. The molecule has 0 radical (unpaired) electrons. The summed E-state index contributed by atoms with van der Waals surface area (Å²) in [6.45, 7) is 7.76. The Bertz CT molecular complexity index is 1350. The summed E-state index contributed by atoms with van der Waals surface area (Å²) in [4.78, 5) is 21.3. The first-order valence-electron chi connectivity index (χ1n) is 14.4. The smallest absolute Gasteiger partial charge is 0.248 e. The largest absolute Gasteiger partial charge is 0.438 e. The third kappa shape index (κ3) is 6.81. The zero-order valence-corrected chi connectivity index (χ0v) is 24.5. The van der Waals surface area contributed by atoms with Gasteiger partial charge in [0.25, 0.3) is 0 Å². The number of carbonyl (C=O) groups excluding carboxylic acids is 1. The zero-order chi connectivity index (χ0) is 28.8. The fourth-order valence-electron chi connectivity index (χ4n) is 5.61. The fraction of sp³-hybridized carbons (Fsp3) is 0.394. The lowest BCUT2D eigenvalue weighted by Crippen LogP contribution is -2.42. The van der Waals surface area contributed by atoms with Crippen molar-refractivity contribution in [3.05, 3.63) is 100 Å². The van der Waals surface area contributed by atoms with Crippen LogP contribution in [0.4, 0.5) is 0 Å². The molecule has 1 N–H and O–H groups in total. The Kier molecular flexibility index (Phi) is 9.40. The Morgan fingerprint density at radius 2 is 1.98 bits per heavy atom. The molecular weight excluding hydrogens is 538 g/mol. The third-order valence-corrected chi connectivity index (χ3v) is 8.35. The molecule has 7 nitrogen and oxygen atoms in total. The molecule has 1 saturated heterocycles. The quantitative estimate of drug-likeness (QED) is 0.424. The summed E-state index contributed by atoms with van der Waals surface area (Å²) in [5.41, 5.74) is 2.92. The van der Waals surface area contributed by atoms with Gasteiger partial charge in [0.1, 0.15) is 18.5 Å². The number of rotatable bonds is 9. The van der Waals surface area contributed by atoms with Gasteiger partial charge in [0.2, 0.25) is 11.8 Å². The number of hydrogen-bond donors (Lipinski definition) is 1. The Hall–Kier alpha value is -3.23. The van der Waals surface area contributed by atoms with Crippen LogP contribution < -0.4 is 4.74 Å². The SMILES string of the molecule is CCN(CC)C(=O)COC1C=CC=C2Oc3ncccc3C(=CCCN3CCC(O)(c4ccc(Cl)cc4)CC3)C=C21. The van der Waals surface area contributed by atoms with Gasteiger partial charge in [0, 0.05) is 55.1 Å². The monoisotopic (exact) mass is 575 g/mol. The molecule has 0 bridgehead atoms. The van der Waals surface area contributed by atoms with E-state index in [0.717, 1.165) is 48.3 Å². The van der Waals surface area contributed by atoms with Crippen LogP contribution in [0.5, 0.6) is 5.88 Å². The topological polar surface area (TPSA) is 75.1 Å². The summed E-state index contributed by atoms with van der Waals surface area (Å²) in [6.07, 6.45) is 13.6. The minimum atomic E-state index is -0.813. The van der Waals surface area contributed by atoms with Crippen molar-refractivity contribution in [2.24, 2.45) is 0 Å². The highest BCUT2D eigenvalue weighted by molar-refractivity contribution is 6.30. The first-order valence-corrected chi connectivity index (χ1v) is 14.8. The number of pyridine rings is 1. The van der Waals surface area contributed by atoms with E-state index in [2.05, 4.69) is 22.0 Å². The number of aromatic nitrogens is 1. The number of aliphatic hydroxyl groups is 1. The van der Waals surface area contributed by atoms with Gasteiger partial charge in [-0.3, -0.25) is 4.79 Å². The standard InChI is InChI=1S/C33H38ClN3O4/c1-3-37(4-2)31(38)23-40-29-10-5-11-30-28(29)22-24(27-9-6-18-35-32(27)41-30)8-7-19-36-20-16-33(39,17-21-36)25-12-14-26(34)15-13-25/h5-6,8-15,18,22,29,39H,3-4,7,16-17,19-21,23H2,1-2H3. The second-order valence-electron chi connectivity index (χ2n) is 10.6. The van der Waals surface area contributed by atoms with Gasteiger partial charge < -0.3 is 24.4 Å². The first kappa shape index (κ1) is 29.3. The average Bonchev–Trinajstić information content (AvgIpc) is 3.15. The van der Waals surface area contributed by atoms with Crippen LogP contribution in [0.25, 0.3) is 5.57 Å². The molecule has 1 fully saturated rings. The molecule has 1 aromatic heterocycles. The number of fused-ring (bicyclic) bond motifs is 2. The van der Waals surface area contributed by atoms with Crippen molar-refractivity contribution >= 4 is 23.1 Å². The van der Waals surface area contributed by atoms with Crippen LogP contribution in [0.15, 0.2) is 84.3 Å². The summed E-state index contributed by atoms with van der Waals surface area (Å²) in [5.74, 6) is 1.20. The molecule has 1 atom stereocenters. The van der Waals surface area contributed by atoms with Crippen LogP contribution in [-0.2, 0) is 15.1 Å². The van der Waals surface area contributed by atoms with Gasteiger partial charge in [-0.05, 0) is 80.7 Å². The number of allylic oxidation sites excluding steroid dienone is 4. The second-order valence-corrected chi connectivity index (χ2v) is 11.0. The van der Waals surface area contributed by atoms with Gasteiger partial charge in [-0.2, -0.15) is 0 Å². The second kappa shape index (κ2) is 13.2. The lowest BCUT2D eigenvalue weighted by Gasteiger charge is -2.38. The molecule has 1 unspecified atom stereocenters. The van der Waals surface area contributed by atoms with E-state index < -0.39 is 11.7 Å². The molecule has 5 rings (SSSR count). The van der Waals surface area contributed by atoms with E-state index in [1.165, 1.54) is 0 Å². The molecule has 2 aliphatic heterocycles. The van der Waals surface area contributed by atoms with Gasteiger partial charge >= 0.3 is 0 Å². The predicted molar refractivity (Wildman–Crippen MR) is 161 cm³/mol. The van der Waals surface area contributed by atoms with Gasteiger partial charge in [-0.15, -0.1) is 0 Å². The summed E-state index contributed by atoms with van der Waals surface area (Å²) in [5, 5.41) is 11.9. The molecule has 1 amide bonds. The molecule has 3 aliphatic rings. The normalized spacial score (nSPS) is 20.8. The Balaban J connectivity index is 1.28. The maximum Gasteiger partial charge on any atom is 0.248 e. The summed E-state index contributed by atoms with van der Waals surface area (Å²) < 4.78 is 12.4. The van der Waals surface area contributed by atoms with Crippen LogP contribution in [-0.4, -0.2) is 71.2 Å². The number of ether oxygens (including phenoxy) is 2. The molecule has 3 heterocycles. The maximum atomic E-state index is 12.6. The molecular formula is C33H38ClN3O4. The molecule has 1 aromatic carbocycles. The number of hydrogen-bond acceptors (Lipinski definition) is 6. The van der Waals surface area contributed by atoms with E-state index in [0.29, 0.717) is 42.6 Å². The van der Waals surface area contributed by atoms with Crippen LogP contribution in [0.1, 0.15) is 44.2 Å². The van der Waals surface area contributed by atoms with Crippen LogP contribution in [0.3, 0.4) is 0 Å². The van der Waals surface area contributed by atoms with Crippen molar-refractivity contribution in [2.75, 3.05) is 39.3 Å². The molecule has 41 heavy (non-hydrogen) atoms. The number of amides is 1. The Morgan fingerprint density at radius 1 is 1.22 bits per heavy atom. The molecule has 0 saturated carbocycles. The van der Waals surface area contributed by atoms with Crippen molar-refractivity contribution in [2.45, 2.75) is 44.8 Å². The third-order valence-electron chi connectivity index (χ3n) is 8.10. The van der Waals surface area contributed by atoms with Gasteiger partial charge in [-0.25, -0.2) is 4.98 Å². The minimum absolute atomic E-state index is 0.00286.